The minimum absolute atomic E-state index is 0.0305. The predicted octanol–water partition coefficient (Wildman–Crippen LogP) is 3.07. The van der Waals surface area contributed by atoms with Gasteiger partial charge in [-0.1, -0.05) is 49.6 Å². The second-order valence-electron chi connectivity index (χ2n) is 8.03. The molecule has 144 valence electrons. The van der Waals surface area contributed by atoms with E-state index in [0.29, 0.717) is 25.9 Å². The highest BCUT2D eigenvalue weighted by molar-refractivity contribution is 7.88. The van der Waals surface area contributed by atoms with Gasteiger partial charge in [-0.2, -0.15) is 0 Å². The predicted molar refractivity (Wildman–Crippen MR) is 103 cm³/mol. The summed E-state index contributed by atoms with van der Waals surface area (Å²) in [7, 11) is -3.32. The Labute approximate surface area is 157 Å². The average molecular weight is 379 g/mol. The lowest BCUT2D eigenvalue weighted by Gasteiger charge is -2.37. The molecule has 0 unspecified atom stereocenters. The van der Waals surface area contributed by atoms with E-state index >= 15 is 0 Å². The first-order chi connectivity index (χ1) is 12.4. The molecule has 3 rings (SSSR count). The summed E-state index contributed by atoms with van der Waals surface area (Å²) < 4.78 is 26.8. The maximum Gasteiger partial charge on any atom is 0.223 e. The molecule has 5 nitrogen and oxygen atoms in total. The van der Waals surface area contributed by atoms with Crippen LogP contribution in [0.5, 0.6) is 0 Å². The number of amides is 1. The van der Waals surface area contributed by atoms with Crippen LogP contribution < -0.4 is 5.32 Å². The number of piperidine rings is 1. The third-order valence-corrected chi connectivity index (χ3v) is 7.64. The lowest BCUT2D eigenvalue weighted by molar-refractivity contribution is -0.128. The summed E-state index contributed by atoms with van der Waals surface area (Å²) in [5, 5.41) is 3.25. The average Bonchev–Trinajstić information content (AvgIpc) is 2.62. The van der Waals surface area contributed by atoms with Gasteiger partial charge in [0.2, 0.25) is 15.9 Å². The molecular weight excluding hydrogens is 348 g/mol. The highest BCUT2D eigenvalue weighted by atomic mass is 32.2. The third kappa shape index (κ3) is 4.86. The number of sulfonamides is 1. The van der Waals surface area contributed by atoms with Crippen LogP contribution in [0.4, 0.5) is 0 Å². The van der Waals surface area contributed by atoms with Gasteiger partial charge in [-0.3, -0.25) is 4.79 Å². The normalized spacial score (nSPS) is 22.0. The highest BCUT2D eigenvalue weighted by Crippen LogP contribution is 2.29. The van der Waals surface area contributed by atoms with Gasteiger partial charge in [0.15, 0.2) is 0 Å². The fraction of sp³-hybridized carbons (Fsp3) is 0.650. The van der Waals surface area contributed by atoms with Gasteiger partial charge in [0.05, 0.1) is 5.75 Å². The number of carbonyl (C=O) groups excluding carboxylic acids is 1. The second-order valence-corrected chi connectivity index (χ2v) is 9.99. The number of nitrogens with one attached hydrogen (secondary N) is 1. The molecule has 0 bridgehead atoms. The van der Waals surface area contributed by atoms with Crippen LogP contribution in [0.1, 0.15) is 57.4 Å². The molecule has 2 aliphatic rings. The van der Waals surface area contributed by atoms with Crippen molar-refractivity contribution in [2.75, 3.05) is 13.1 Å². The lowest BCUT2D eigenvalue weighted by atomic mass is 9.82. The summed E-state index contributed by atoms with van der Waals surface area (Å²) in [5.74, 6) is 0.0643. The highest BCUT2D eigenvalue weighted by Gasteiger charge is 2.34. The quantitative estimate of drug-likeness (QED) is 0.856. The van der Waals surface area contributed by atoms with Crippen molar-refractivity contribution in [2.24, 2.45) is 5.92 Å². The zero-order valence-corrected chi connectivity index (χ0v) is 16.4. The van der Waals surface area contributed by atoms with Gasteiger partial charge >= 0.3 is 0 Å². The van der Waals surface area contributed by atoms with E-state index in [-0.39, 0.29) is 23.1 Å². The van der Waals surface area contributed by atoms with Crippen molar-refractivity contribution in [3.63, 3.8) is 0 Å². The van der Waals surface area contributed by atoms with E-state index in [1.54, 1.807) is 4.31 Å². The molecule has 0 radical (unpaired) electrons. The van der Waals surface area contributed by atoms with E-state index in [9.17, 15) is 13.2 Å². The van der Waals surface area contributed by atoms with E-state index in [4.69, 9.17) is 0 Å². The summed E-state index contributed by atoms with van der Waals surface area (Å²) in [5.41, 5.74) is 0.726. The topological polar surface area (TPSA) is 66.5 Å². The standard InChI is InChI=1S/C20H30N2O3S/c1-20(12-6-3-7-13-20)21-19(23)18-10-14-22(15-11-18)26(24,25)16-17-8-4-2-5-9-17/h2,4-5,8-9,18H,3,6-7,10-16H2,1H3,(H,21,23). The Morgan fingerprint density at radius 1 is 1.12 bits per heavy atom. The summed E-state index contributed by atoms with van der Waals surface area (Å²) in [6.07, 6.45) is 6.90. The zero-order chi connectivity index (χ0) is 18.6. The number of carbonyl (C=O) groups is 1. The molecular formula is C20H30N2O3S. The smallest absolute Gasteiger partial charge is 0.223 e. The van der Waals surface area contributed by atoms with Gasteiger partial charge in [-0.05, 0) is 38.2 Å². The molecule has 0 atom stereocenters. The van der Waals surface area contributed by atoms with E-state index in [0.717, 1.165) is 18.4 Å². The minimum Gasteiger partial charge on any atom is -0.351 e. The Morgan fingerprint density at radius 3 is 2.35 bits per heavy atom. The van der Waals surface area contributed by atoms with Gasteiger partial charge < -0.3 is 5.32 Å². The lowest BCUT2D eigenvalue weighted by Crippen LogP contribution is -2.51. The molecule has 26 heavy (non-hydrogen) atoms. The van der Waals surface area contributed by atoms with E-state index in [1.165, 1.54) is 19.3 Å². The van der Waals surface area contributed by atoms with Crippen LogP contribution in [-0.2, 0) is 20.6 Å². The van der Waals surface area contributed by atoms with Crippen molar-refractivity contribution in [2.45, 2.75) is 63.2 Å². The van der Waals surface area contributed by atoms with Crippen LogP contribution in [0, 0.1) is 5.92 Å². The van der Waals surface area contributed by atoms with Gasteiger partial charge in [0, 0.05) is 24.5 Å². The molecule has 1 amide bonds. The van der Waals surface area contributed by atoms with Crippen molar-refractivity contribution in [3.05, 3.63) is 35.9 Å². The third-order valence-electron chi connectivity index (χ3n) is 5.79. The first-order valence-electron chi connectivity index (χ1n) is 9.72. The summed E-state index contributed by atoms with van der Waals surface area (Å²) in [6, 6.07) is 9.26. The molecule has 0 aromatic heterocycles. The largest absolute Gasteiger partial charge is 0.351 e. The Morgan fingerprint density at radius 2 is 1.73 bits per heavy atom. The van der Waals surface area contributed by atoms with Crippen molar-refractivity contribution in [1.29, 1.82) is 0 Å². The van der Waals surface area contributed by atoms with E-state index < -0.39 is 10.0 Å². The van der Waals surface area contributed by atoms with Crippen molar-refractivity contribution >= 4 is 15.9 Å². The van der Waals surface area contributed by atoms with Crippen LogP contribution in [0.3, 0.4) is 0 Å². The maximum atomic E-state index is 12.6. The molecule has 1 saturated heterocycles. The SMILES string of the molecule is CC1(NC(=O)C2CCN(S(=O)(=O)Cc3ccccc3)CC2)CCCCC1. The number of nitrogens with zero attached hydrogens (tertiary/aromatic N) is 1. The number of rotatable bonds is 5. The molecule has 1 aromatic carbocycles. The molecule has 0 spiro atoms. The molecule has 1 aliphatic carbocycles. The minimum atomic E-state index is -3.32. The Balaban J connectivity index is 1.52. The molecule has 6 heteroatoms. The Kier molecular flexibility index (Phi) is 6.03. The number of hydrogen-bond donors (Lipinski definition) is 1. The summed E-state index contributed by atoms with van der Waals surface area (Å²) >= 11 is 0. The second kappa shape index (κ2) is 8.09. The fourth-order valence-corrected chi connectivity index (χ4v) is 5.69. The van der Waals surface area contributed by atoms with Crippen molar-refractivity contribution in [1.82, 2.24) is 9.62 Å². The van der Waals surface area contributed by atoms with E-state index in [1.807, 2.05) is 30.3 Å². The van der Waals surface area contributed by atoms with E-state index in [2.05, 4.69) is 12.2 Å². The molecule has 1 aromatic rings. The molecule has 1 N–H and O–H groups in total. The Bertz CT molecular complexity index is 704. The van der Waals surface area contributed by atoms with Crippen LogP contribution >= 0.6 is 0 Å². The van der Waals surface area contributed by atoms with Crippen LogP contribution in [-0.4, -0.2) is 37.3 Å². The van der Waals surface area contributed by atoms with Gasteiger partial charge in [0.1, 0.15) is 0 Å². The summed E-state index contributed by atoms with van der Waals surface area (Å²) in [6.45, 7) is 3.01. The number of hydrogen-bond acceptors (Lipinski definition) is 3. The monoisotopic (exact) mass is 378 g/mol. The number of benzene rings is 1. The Hall–Kier alpha value is -1.40. The van der Waals surface area contributed by atoms with Crippen molar-refractivity contribution < 1.29 is 13.2 Å². The maximum absolute atomic E-state index is 12.6. The van der Waals surface area contributed by atoms with Crippen LogP contribution in [0.2, 0.25) is 0 Å². The summed E-state index contributed by atoms with van der Waals surface area (Å²) in [4.78, 5) is 12.6. The van der Waals surface area contributed by atoms with Crippen LogP contribution in [0.25, 0.3) is 0 Å². The molecule has 2 fully saturated rings. The molecule has 1 aliphatic heterocycles. The molecule has 1 saturated carbocycles. The van der Waals surface area contributed by atoms with Crippen molar-refractivity contribution in [3.8, 4) is 0 Å². The fourth-order valence-electron chi connectivity index (χ4n) is 4.13. The van der Waals surface area contributed by atoms with Gasteiger partial charge in [-0.25, -0.2) is 12.7 Å². The molecule has 1 heterocycles. The first-order valence-corrected chi connectivity index (χ1v) is 11.3. The van der Waals surface area contributed by atoms with Gasteiger partial charge in [0.25, 0.3) is 0 Å². The van der Waals surface area contributed by atoms with Crippen LogP contribution in [0.15, 0.2) is 30.3 Å². The first kappa shape index (κ1) is 19.4. The van der Waals surface area contributed by atoms with Gasteiger partial charge in [-0.15, -0.1) is 0 Å². The zero-order valence-electron chi connectivity index (χ0n) is 15.6.